The fourth-order valence-corrected chi connectivity index (χ4v) is 1.19. The normalized spacial score (nSPS) is 9.58. The number of nitrogens with zero attached hydrogens (tertiary/aromatic N) is 1. The maximum atomic E-state index is 5.14. The summed E-state index contributed by atoms with van der Waals surface area (Å²) in [5.41, 5.74) is 1.23. The summed E-state index contributed by atoms with van der Waals surface area (Å²) in [6, 6.07) is 8.03. The summed E-state index contributed by atoms with van der Waals surface area (Å²) in [7, 11) is 4.09. The van der Waals surface area contributed by atoms with E-state index in [2.05, 4.69) is 11.0 Å². The summed E-state index contributed by atoms with van der Waals surface area (Å²) < 4.78 is 0. The second-order valence-corrected chi connectivity index (χ2v) is 3.29. The van der Waals surface area contributed by atoms with E-state index >= 15 is 0 Å². The summed E-state index contributed by atoms with van der Waals surface area (Å²) in [5.74, 6) is 0. The van der Waals surface area contributed by atoms with E-state index in [9.17, 15) is 0 Å². The van der Waals surface area contributed by atoms with Crippen molar-refractivity contribution < 1.29 is 17.1 Å². The molecule has 0 spiro atoms. The van der Waals surface area contributed by atoms with E-state index in [0.717, 1.165) is 11.4 Å². The van der Waals surface area contributed by atoms with E-state index in [1.807, 2.05) is 32.3 Å². The van der Waals surface area contributed by atoms with E-state index in [1.54, 1.807) is 0 Å². The molecule has 0 N–H and O–H groups in total. The average Bonchev–Trinajstić information content (AvgIpc) is 1.93. The fraction of sp³-hybridized carbons (Fsp3) is 0.333. The zero-order chi connectivity index (χ0) is 8.27. The zero-order valence-electron chi connectivity index (χ0n) is 7.17. The molecule has 0 aliphatic carbocycles. The van der Waals surface area contributed by atoms with E-state index in [4.69, 9.17) is 12.6 Å². The molecule has 1 rings (SSSR count). The first-order valence-electron chi connectivity index (χ1n) is 3.60. The SMILES string of the molecule is CN(C)Cc1ccccc1[S-].[Cu+]. The van der Waals surface area contributed by atoms with Crippen LogP contribution in [0.25, 0.3) is 0 Å². The molecule has 3 heteroatoms. The Morgan fingerprint density at radius 3 is 2.33 bits per heavy atom. The summed E-state index contributed by atoms with van der Waals surface area (Å²) in [5, 5.41) is 0. The molecule has 0 amide bonds. The first-order valence-corrected chi connectivity index (χ1v) is 4.00. The van der Waals surface area contributed by atoms with Crippen LogP contribution in [-0.2, 0) is 36.2 Å². The molecular weight excluding hydrogens is 218 g/mol. The molecule has 70 valence electrons. The Morgan fingerprint density at radius 1 is 1.25 bits per heavy atom. The van der Waals surface area contributed by atoms with Gasteiger partial charge in [0.25, 0.3) is 0 Å². The van der Waals surface area contributed by atoms with Crippen molar-refractivity contribution in [3.8, 4) is 0 Å². The van der Waals surface area contributed by atoms with Gasteiger partial charge in [-0.2, -0.15) is 4.90 Å². The van der Waals surface area contributed by atoms with Crippen molar-refractivity contribution >= 4 is 12.6 Å². The third-order valence-corrected chi connectivity index (χ3v) is 1.86. The summed E-state index contributed by atoms with van der Waals surface area (Å²) in [6.07, 6.45) is 0. The number of hydrogen-bond donors (Lipinski definition) is 0. The molecule has 0 saturated carbocycles. The van der Waals surface area contributed by atoms with Crippen molar-refractivity contribution in [2.45, 2.75) is 11.4 Å². The van der Waals surface area contributed by atoms with Gasteiger partial charge in [-0.25, -0.2) is 0 Å². The summed E-state index contributed by atoms with van der Waals surface area (Å²) >= 11 is 5.14. The quantitative estimate of drug-likeness (QED) is 0.561. The van der Waals surface area contributed by atoms with Crippen LogP contribution < -0.4 is 0 Å². The summed E-state index contributed by atoms with van der Waals surface area (Å²) in [4.78, 5) is 3.08. The van der Waals surface area contributed by atoms with Gasteiger partial charge in [-0.05, 0) is 14.1 Å². The van der Waals surface area contributed by atoms with Gasteiger partial charge in [0.15, 0.2) is 0 Å². The van der Waals surface area contributed by atoms with Gasteiger partial charge in [-0.1, -0.05) is 29.8 Å². The molecule has 0 atom stereocenters. The zero-order valence-corrected chi connectivity index (χ0v) is 8.93. The Hall–Kier alpha value is -0.0805. The molecule has 0 aliphatic heterocycles. The molecule has 0 radical (unpaired) electrons. The van der Waals surface area contributed by atoms with Crippen molar-refractivity contribution in [2.24, 2.45) is 0 Å². The Morgan fingerprint density at radius 2 is 1.83 bits per heavy atom. The van der Waals surface area contributed by atoms with E-state index in [1.165, 1.54) is 5.56 Å². The van der Waals surface area contributed by atoms with Crippen LogP contribution in [0.4, 0.5) is 0 Å². The molecule has 0 unspecified atom stereocenters. The van der Waals surface area contributed by atoms with Crippen molar-refractivity contribution in [1.29, 1.82) is 0 Å². The van der Waals surface area contributed by atoms with Crippen LogP contribution in [0.15, 0.2) is 29.2 Å². The average molecular weight is 230 g/mol. The third kappa shape index (κ3) is 3.55. The van der Waals surface area contributed by atoms with Gasteiger partial charge in [-0.15, -0.1) is 0 Å². The third-order valence-electron chi connectivity index (χ3n) is 1.46. The van der Waals surface area contributed by atoms with Crippen LogP contribution in [-0.4, -0.2) is 19.0 Å². The summed E-state index contributed by atoms with van der Waals surface area (Å²) in [6.45, 7) is 0.930. The van der Waals surface area contributed by atoms with E-state index in [0.29, 0.717) is 0 Å². The van der Waals surface area contributed by atoms with Gasteiger partial charge < -0.3 is 17.5 Å². The number of benzene rings is 1. The van der Waals surface area contributed by atoms with Crippen LogP contribution in [0, 0.1) is 0 Å². The first-order chi connectivity index (χ1) is 5.20. The second-order valence-electron chi connectivity index (χ2n) is 2.85. The molecule has 12 heavy (non-hydrogen) atoms. The molecular formula is C9H12CuNS. The van der Waals surface area contributed by atoms with Gasteiger partial charge in [0, 0.05) is 6.54 Å². The minimum absolute atomic E-state index is 0. The molecule has 0 aromatic heterocycles. The number of hydrogen-bond acceptors (Lipinski definition) is 2. The van der Waals surface area contributed by atoms with Gasteiger partial charge in [0.2, 0.25) is 0 Å². The predicted octanol–water partition coefficient (Wildman–Crippen LogP) is 1.65. The smallest absolute Gasteiger partial charge is 0.779 e. The second kappa shape index (κ2) is 5.55. The molecule has 0 fully saturated rings. The van der Waals surface area contributed by atoms with Crippen LogP contribution in [0.1, 0.15) is 5.56 Å². The van der Waals surface area contributed by atoms with Gasteiger partial charge in [-0.3, -0.25) is 0 Å². The van der Waals surface area contributed by atoms with Crippen molar-refractivity contribution in [1.82, 2.24) is 4.90 Å². The molecule has 1 aromatic carbocycles. The topological polar surface area (TPSA) is 3.24 Å². The minimum Gasteiger partial charge on any atom is -0.779 e. The maximum Gasteiger partial charge on any atom is 1.00 e. The van der Waals surface area contributed by atoms with Crippen molar-refractivity contribution in [3.05, 3.63) is 29.8 Å². The predicted molar refractivity (Wildman–Crippen MR) is 49.5 cm³/mol. The molecule has 0 saturated heterocycles. The van der Waals surface area contributed by atoms with Crippen molar-refractivity contribution in [2.75, 3.05) is 14.1 Å². The number of rotatable bonds is 2. The standard InChI is InChI=1S/C9H13NS.Cu/c1-10(2)7-8-5-3-4-6-9(8)11;/h3-6,11H,7H2,1-2H3;/q;+1/p-1. The van der Waals surface area contributed by atoms with Gasteiger partial charge >= 0.3 is 17.1 Å². The molecule has 1 nitrogen and oxygen atoms in total. The molecule has 0 heterocycles. The Kier molecular flexibility index (Phi) is 5.51. The van der Waals surface area contributed by atoms with Crippen LogP contribution in [0.2, 0.25) is 0 Å². The monoisotopic (exact) mass is 229 g/mol. The molecule has 1 aromatic rings. The molecule has 0 aliphatic rings. The van der Waals surface area contributed by atoms with Crippen LogP contribution in [0.3, 0.4) is 0 Å². The van der Waals surface area contributed by atoms with Crippen LogP contribution in [0.5, 0.6) is 0 Å². The van der Waals surface area contributed by atoms with Gasteiger partial charge in [0.1, 0.15) is 0 Å². The van der Waals surface area contributed by atoms with Gasteiger partial charge in [0.05, 0.1) is 0 Å². The van der Waals surface area contributed by atoms with Crippen molar-refractivity contribution in [3.63, 3.8) is 0 Å². The largest absolute Gasteiger partial charge is 1.00 e. The minimum atomic E-state index is 0. The first kappa shape index (κ1) is 11.9. The van der Waals surface area contributed by atoms with E-state index in [-0.39, 0.29) is 17.1 Å². The Bertz CT molecular complexity index is 238. The maximum absolute atomic E-state index is 5.14. The molecule has 0 bridgehead atoms. The van der Waals surface area contributed by atoms with E-state index < -0.39 is 0 Å². The Labute approximate surface area is 90.0 Å². The Balaban J connectivity index is 0.00000121. The van der Waals surface area contributed by atoms with Crippen LogP contribution >= 0.6 is 0 Å². The fourth-order valence-electron chi connectivity index (χ4n) is 0.975.